The number of unbranched alkanes of at least 4 members (excludes halogenated alkanes) is 4. The molecule has 0 bridgehead atoms. The zero-order valence-corrected chi connectivity index (χ0v) is 17.8. The molecular weight excluding hydrogens is 338 g/mol. The van der Waals surface area contributed by atoms with Crippen LogP contribution in [-0.4, -0.2) is 50.2 Å². The van der Waals surface area contributed by atoms with E-state index in [4.69, 9.17) is 0 Å². The Morgan fingerprint density at radius 3 is 1.32 bits per heavy atom. The van der Waals surface area contributed by atoms with Gasteiger partial charge in [0.2, 0.25) is 10.4 Å². The van der Waals surface area contributed by atoms with Gasteiger partial charge in [0.05, 0.1) is 32.8 Å². The monoisotopic (exact) mass is 379 g/mol. The van der Waals surface area contributed by atoms with Crippen LogP contribution in [0, 0.1) is 0 Å². The van der Waals surface area contributed by atoms with Gasteiger partial charge >= 0.3 is 0 Å². The van der Waals surface area contributed by atoms with E-state index in [1.54, 1.807) is 0 Å². The van der Waals surface area contributed by atoms with Crippen LogP contribution in [0.2, 0.25) is 0 Å². The Bertz CT molecular complexity index is 359. The molecule has 0 radical (unpaired) electrons. The third-order valence-electron chi connectivity index (χ3n) is 4.27. The van der Waals surface area contributed by atoms with E-state index >= 15 is 0 Å². The van der Waals surface area contributed by atoms with Crippen molar-refractivity contribution in [2.24, 2.45) is 0 Å². The lowest BCUT2D eigenvalue weighted by atomic mass is 10.1. The molecular formula is C19H41NO4S. The Morgan fingerprint density at radius 2 is 1.16 bits per heavy atom. The fourth-order valence-electron chi connectivity index (χ4n) is 2.78. The predicted octanol–water partition coefficient (Wildman–Crippen LogP) is 4.65. The van der Waals surface area contributed by atoms with E-state index in [-0.39, 0.29) is 6.61 Å². The Hall–Kier alpha value is -0.430. The van der Waals surface area contributed by atoms with E-state index in [9.17, 15) is 13.0 Å². The smallest absolute Gasteiger partial charge is 0.217 e. The van der Waals surface area contributed by atoms with Gasteiger partial charge in [0.15, 0.2) is 0 Å². The summed E-state index contributed by atoms with van der Waals surface area (Å²) < 4.78 is 33.8. The summed E-state index contributed by atoms with van der Waals surface area (Å²) in [5.74, 6) is 0. The van der Waals surface area contributed by atoms with E-state index < -0.39 is 10.4 Å². The van der Waals surface area contributed by atoms with Crippen LogP contribution in [0.5, 0.6) is 0 Å². The van der Waals surface area contributed by atoms with Crippen molar-refractivity contribution in [1.29, 1.82) is 0 Å². The van der Waals surface area contributed by atoms with Gasteiger partial charge in [-0.3, -0.25) is 4.18 Å². The molecule has 0 saturated carbocycles. The van der Waals surface area contributed by atoms with Gasteiger partial charge < -0.3 is 9.04 Å². The second-order valence-corrected chi connectivity index (χ2v) is 7.68. The molecule has 25 heavy (non-hydrogen) atoms. The Labute approximate surface area is 157 Å². The number of hydrogen-bond acceptors (Lipinski definition) is 4. The van der Waals surface area contributed by atoms with E-state index in [0.717, 1.165) is 0 Å². The highest BCUT2D eigenvalue weighted by Crippen LogP contribution is 2.16. The molecule has 5 nitrogen and oxygen atoms in total. The zero-order chi connectivity index (χ0) is 19.6. The summed E-state index contributed by atoms with van der Waals surface area (Å²) in [6, 6.07) is 0. The second kappa shape index (κ2) is 17.0. The molecule has 0 aromatic heterocycles. The maximum absolute atomic E-state index is 9.56. The highest BCUT2D eigenvalue weighted by atomic mass is 32.3. The molecule has 152 valence electrons. The fraction of sp³-hybridized carbons (Fsp3) is 0.895. The average molecular weight is 380 g/mol. The van der Waals surface area contributed by atoms with Crippen molar-refractivity contribution in [1.82, 2.24) is 0 Å². The van der Waals surface area contributed by atoms with Gasteiger partial charge in [-0.05, 0) is 25.7 Å². The van der Waals surface area contributed by atoms with Crippen LogP contribution < -0.4 is 0 Å². The third-order valence-corrected chi connectivity index (χ3v) is 4.70. The fourth-order valence-corrected chi connectivity index (χ4v) is 3.04. The maximum Gasteiger partial charge on any atom is 0.217 e. The normalized spacial score (nSPS) is 11.7. The molecule has 0 atom stereocenters. The van der Waals surface area contributed by atoms with Gasteiger partial charge in [0.1, 0.15) is 0 Å². The highest BCUT2D eigenvalue weighted by molar-refractivity contribution is 7.80. The van der Waals surface area contributed by atoms with Crippen molar-refractivity contribution in [3.8, 4) is 0 Å². The zero-order valence-electron chi connectivity index (χ0n) is 17.0. The first kappa shape index (κ1) is 26.8. The van der Waals surface area contributed by atoms with Crippen LogP contribution in [0.25, 0.3) is 0 Å². The average Bonchev–Trinajstić information content (AvgIpc) is 2.58. The van der Waals surface area contributed by atoms with Crippen LogP contribution in [0.1, 0.15) is 79.1 Å². The van der Waals surface area contributed by atoms with E-state index in [0.29, 0.717) is 0 Å². The van der Waals surface area contributed by atoms with Crippen LogP contribution in [-0.2, 0) is 14.6 Å². The molecule has 0 amide bonds. The van der Waals surface area contributed by atoms with Gasteiger partial charge in [0.25, 0.3) is 0 Å². The topological polar surface area (TPSA) is 66.4 Å². The largest absolute Gasteiger partial charge is 0.726 e. The molecule has 0 unspecified atom stereocenters. The van der Waals surface area contributed by atoms with Gasteiger partial charge in [0, 0.05) is 0 Å². The van der Waals surface area contributed by atoms with Crippen molar-refractivity contribution in [2.75, 3.05) is 32.8 Å². The van der Waals surface area contributed by atoms with Crippen LogP contribution in [0.15, 0.2) is 12.7 Å². The minimum Gasteiger partial charge on any atom is -0.726 e. The summed E-state index contributed by atoms with van der Waals surface area (Å²) in [6.45, 7) is 17.9. The maximum atomic E-state index is 9.56. The summed E-state index contributed by atoms with van der Waals surface area (Å²) in [4.78, 5) is 0. The Kier molecular flexibility index (Phi) is 18.2. The molecule has 0 saturated heterocycles. The van der Waals surface area contributed by atoms with Gasteiger partial charge in [-0.15, -0.1) is 6.58 Å². The summed E-state index contributed by atoms with van der Waals surface area (Å²) in [5.41, 5.74) is 0. The number of rotatable bonds is 15. The highest BCUT2D eigenvalue weighted by Gasteiger charge is 2.24. The van der Waals surface area contributed by atoms with Crippen LogP contribution >= 0.6 is 0 Å². The first-order valence-electron chi connectivity index (χ1n) is 9.87. The molecule has 0 N–H and O–H groups in total. The lowest BCUT2D eigenvalue weighted by Crippen LogP contribution is -2.50. The van der Waals surface area contributed by atoms with Crippen LogP contribution in [0.4, 0.5) is 0 Å². The molecule has 0 aromatic rings. The third kappa shape index (κ3) is 18.2. The Balaban J connectivity index is 0. The molecule has 0 fully saturated rings. The van der Waals surface area contributed by atoms with E-state index in [1.807, 2.05) is 0 Å². The number of quaternary nitrogens is 1. The predicted molar refractivity (Wildman–Crippen MR) is 105 cm³/mol. The second-order valence-electron chi connectivity index (χ2n) is 6.63. The van der Waals surface area contributed by atoms with E-state index in [1.165, 1.54) is 88.1 Å². The molecule has 0 aliphatic carbocycles. The Morgan fingerprint density at radius 1 is 0.840 bits per heavy atom. The van der Waals surface area contributed by atoms with Crippen molar-refractivity contribution in [3.05, 3.63) is 12.7 Å². The van der Waals surface area contributed by atoms with Crippen molar-refractivity contribution in [3.63, 3.8) is 0 Å². The number of hydrogen-bond donors (Lipinski definition) is 0. The molecule has 0 spiro atoms. The SMILES string of the molecule is C=CCOS(=O)(=O)[O-].CCCC[N+](CCCC)(CCCC)CCCC. The molecule has 0 aliphatic heterocycles. The molecule has 6 heteroatoms. The molecule has 0 aliphatic rings. The molecule has 0 rings (SSSR count). The van der Waals surface area contributed by atoms with Crippen molar-refractivity contribution < 1.29 is 21.6 Å². The lowest BCUT2D eigenvalue weighted by Gasteiger charge is -2.39. The number of nitrogens with zero attached hydrogens (tertiary/aromatic N) is 1. The lowest BCUT2D eigenvalue weighted by molar-refractivity contribution is -0.929. The summed E-state index contributed by atoms with van der Waals surface area (Å²) in [6.07, 6.45) is 12.2. The summed E-state index contributed by atoms with van der Waals surface area (Å²) >= 11 is 0. The van der Waals surface area contributed by atoms with E-state index in [2.05, 4.69) is 38.5 Å². The van der Waals surface area contributed by atoms with Crippen molar-refractivity contribution >= 4 is 10.4 Å². The molecule has 0 heterocycles. The molecule has 0 aromatic carbocycles. The minimum absolute atomic E-state index is 0.258. The van der Waals surface area contributed by atoms with Crippen LogP contribution in [0.3, 0.4) is 0 Å². The minimum atomic E-state index is -4.51. The first-order valence-corrected chi connectivity index (χ1v) is 11.2. The van der Waals surface area contributed by atoms with Gasteiger partial charge in [-0.25, -0.2) is 8.42 Å². The van der Waals surface area contributed by atoms with Gasteiger partial charge in [-0.2, -0.15) is 0 Å². The van der Waals surface area contributed by atoms with Gasteiger partial charge in [-0.1, -0.05) is 59.5 Å². The quantitative estimate of drug-likeness (QED) is 0.180. The summed E-state index contributed by atoms with van der Waals surface area (Å²) in [7, 11) is -4.51. The standard InChI is InChI=1S/C16H36N.C3H6O4S/c1-5-9-13-17(14-10-6-2,15-11-7-3)16-12-8-4;1-2-3-7-8(4,5)6/h5-16H2,1-4H3;2H,1,3H2,(H,4,5,6)/q+1;/p-1. The summed E-state index contributed by atoms with van der Waals surface area (Å²) in [5, 5.41) is 0. The first-order chi connectivity index (χ1) is 11.8. The van der Waals surface area contributed by atoms with Crippen molar-refractivity contribution in [2.45, 2.75) is 79.1 Å².